The fourth-order valence-corrected chi connectivity index (χ4v) is 2.27. The minimum atomic E-state index is -0.455. The quantitative estimate of drug-likeness (QED) is 0.804. The predicted molar refractivity (Wildman–Crippen MR) is 87.0 cm³/mol. The number of carbonyl (C=O) groups excluding carboxylic acids is 1. The molecule has 0 saturated carbocycles. The van der Waals surface area contributed by atoms with Crippen LogP contribution >= 0.6 is 0 Å². The van der Waals surface area contributed by atoms with E-state index in [1.54, 1.807) is 49.5 Å². The fourth-order valence-electron chi connectivity index (χ4n) is 2.27. The van der Waals surface area contributed by atoms with Crippen LogP contribution in [0.5, 0.6) is 5.75 Å². The lowest BCUT2D eigenvalue weighted by atomic mass is 10.2. The summed E-state index contributed by atoms with van der Waals surface area (Å²) >= 11 is 0. The van der Waals surface area contributed by atoms with E-state index in [1.807, 2.05) is 6.92 Å². The van der Waals surface area contributed by atoms with Gasteiger partial charge < -0.3 is 14.5 Å². The first-order valence-corrected chi connectivity index (χ1v) is 7.22. The molecule has 118 valence electrons. The van der Waals surface area contributed by atoms with Crippen molar-refractivity contribution in [2.45, 2.75) is 6.92 Å². The Hall–Kier alpha value is -3.02. The van der Waals surface area contributed by atoms with Crippen LogP contribution in [-0.4, -0.2) is 17.1 Å². The van der Waals surface area contributed by atoms with E-state index in [1.165, 1.54) is 4.57 Å². The Morgan fingerprint density at radius 3 is 2.65 bits per heavy atom. The number of nitrogens with one attached hydrogen (secondary N) is 1. The van der Waals surface area contributed by atoms with Gasteiger partial charge in [-0.1, -0.05) is 0 Å². The zero-order valence-corrected chi connectivity index (χ0v) is 12.8. The summed E-state index contributed by atoms with van der Waals surface area (Å²) in [5.74, 6) is 0.0362. The molecule has 1 amide bonds. The molecule has 0 spiro atoms. The molecule has 2 aromatic carbocycles. The van der Waals surface area contributed by atoms with Crippen molar-refractivity contribution in [3.8, 4) is 5.75 Å². The molecule has 3 rings (SSSR count). The van der Waals surface area contributed by atoms with Crippen molar-refractivity contribution in [1.29, 1.82) is 0 Å². The minimum Gasteiger partial charge on any atom is -0.494 e. The molecule has 0 atom stereocenters. The smallest absolute Gasteiger partial charge is 0.419 e. The molecule has 1 heterocycles. The Kier molecular flexibility index (Phi) is 3.89. The van der Waals surface area contributed by atoms with Crippen LogP contribution in [0, 0.1) is 0 Å². The van der Waals surface area contributed by atoms with Crippen LogP contribution in [0.2, 0.25) is 0 Å². The third-order valence-corrected chi connectivity index (χ3v) is 3.48. The van der Waals surface area contributed by atoms with E-state index in [2.05, 4.69) is 5.32 Å². The van der Waals surface area contributed by atoms with Crippen molar-refractivity contribution in [3.05, 3.63) is 58.6 Å². The molecule has 0 bridgehead atoms. The van der Waals surface area contributed by atoms with Crippen LogP contribution in [0.1, 0.15) is 17.3 Å². The molecule has 3 aromatic rings. The van der Waals surface area contributed by atoms with Crippen molar-refractivity contribution in [2.75, 3.05) is 11.9 Å². The molecular formula is C17H16N2O4. The molecule has 1 N–H and O–H groups in total. The molecule has 0 aliphatic carbocycles. The Balaban J connectivity index is 1.82. The number of anilines is 1. The standard InChI is InChI=1S/C17H16N2O4/c1-3-22-13-7-5-12(6-8-13)18-16(20)11-4-9-15-14(10-11)19(2)17(21)23-15/h4-10H,3H2,1-2H3,(H,18,20). The highest BCUT2D eigenvalue weighted by atomic mass is 16.5. The number of amides is 1. The van der Waals surface area contributed by atoms with E-state index in [9.17, 15) is 9.59 Å². The number of aryl methyl sites for hydroxylation is 1. The van der Waals surface area contributed by atoms with E-state index in [-0.39, 0.29) is 5.91 Å². The Morgan fingerprint density at radius 1 is 1.22 bits per heavy atom. The number of aromatic nitrogens is 1. The van der Waals surface area contributed by atoms with E-state index in [0.717, 1.165) is 5.75 Å². The van der Waals surface area contributed by atoms with Crippen LogP contribution in [0.25, 0.3) is 11.1 Å². The van der Waals surface area contributed by atoms with Gasteiger partial charge in [0.25, 0.3) is 5.91 Å². The van der Waals surface area contributed by atoms with Gasteiger partial charge in [-0.2, -0.15) is 0 Å². The number of benzene rings is 2. The third-order valence-electron chi connectivity index (χ3n) is 3.48. The van der Waals surface area contributed by atoms with Crippen LogP contribution in [0.3, 0.4) is 0 Å². The van der Waals surface area contributed by atoms with Gasteiger partial charge in [0.05, 0.1) is 12.1 Å². The Bertz CT molecular complexity index is 906. The topological polar surface area (TPSA) is 73.5 Å². The summed E-state index contributed by atoms with van der Waals surface area (Å²) in [7, 11) is 1.60. The average Bonchev–Trinajstić information content (AvgIpc) is 2.84. The van der Waals surface area contributed by atoms with E-state index in [4.69, 9.17) is 9.15 Å². The number of fused-ring (bicyclic) bond motifs is 1. The van der Waals surface area contributed by atoms with Crippen LogP contribution in [0.4, 0.5) is 5.69 Å². The van der Waals surface area contributed by atoms with Gasteiger partial charge in [0.15, 0.2) is 5.58 Å². The molecule has 0 aliphatic heterocycles. The molecule has 0 radical (unpaired) electrons. The monoisotopic (exact) mass is 312 g/mol. The highest BCUT2D eigenvalue weighted by Gasteiger charge is 2.11. The highest BCUT2D eigenvalue weighted by Crippen LogP contribution is 2.18. The van der Waals surface area contributed by atoms with Crippen LogP contribution in [-0.2, 0) is 7.05 Å². The Morgan fingerprint density at radius 2 is 1.96 bits per heavy atom. The van der Waals surface area contributed by atoms with Gasteiger partial charge in [-0.25, -0.2) is 4.79 Å². The summed E-state index contributed by atoms with van der Waals surface area (Å²) in [4.78, 5) is 23.8. The molecule has 1 aromatic heterocycles. The average molecular weight is 312 g/mol. The van der Waals surface area contributed by atoms with Gasteiger partial charge in [0.1, 0.15) is 5.75 Å². The second-order valence-corrected chi connectivity index (χ2v) is 5.02. The zero-order valence-electron chi connectivity index (χ0n) is 12.8. The van der Waals surface area contributed by atoms with Crippen molar-refractivity contribution in [2.24, 2.45) is 7.05 Å². The molecular weight excluding hydrogens is 296 g/mol. The van der Waals surface area contributed by atoms with Crippen LogP contribution < -0.4 is 15.8 Å². The summed E-state index contributed by atoms with van der Waals surface area (Å²) in [5.41, 5.74) is 2.15. The van der Waals surface area contributed by atoms with E-state index < -0.39 is 5.76 Å². The SMILES string of the molecule is CCOc1ccc(NC(=O)c2ccc3oc(=O)n(C)c3c2)cc1. The predicted octanol–water partition coefficient (Wildman–Crippen LogP) is 2.78. The van der Waals surface area contributed by atoms with Gasteiger partial charge in [-0.05, 0) is 49.4 Å². The summed E-state index contributed by atoms with van der Waals surface area (Å²) in [6.45, 7) is 2.50. The van der Waals surface area contributed by atoms with Gasteiger partial charge in [0.2, 0.25) is 0 Å². The first-order valence-electron chi connectivity index (χ1n) is 7.22. The Labute approximate surface area is 132 Å². The lowest BCUT2D eigenvalue weighted by Gasteiger charge is -2.07. The molecule has 0 aliphatic rings. The zero-order chi connectivity index (χ0) is 16.4. The van der Waals surface area contributed by atoms with Crippen LogP contribution in [0.15, 0.2) is 51.7 Å². The van der Waals surface area contributed by atoms with Gasteiger partial charge >= 0.3 is 5.76 Å². The first-order chi connectivity index (χ1) is 11.1. The fraction of sp³-hybridized carbons (Fsp3) is 0.176. The lowest BCUT2D eigenvalue weighted by Crippen LogP contribution is -2.12. The number of hydrogen-bond donors (Lipinski definition) is 1. The lowest BCUT2D eigenvalue weighted by molar-refractivity contribution is 0.102. The third kappa shape index (κ3) is 2.96. The molecule has 0 unspecified atom stereocenters. The van der Waals surface area contributed by atoms with E-state index in [0.29, 0.717) is 29.0 Å². The molecule has 23 heavy (non-hydrogen) atoms. The summed E-state index contributed by atoms with van der Waals surface area (Å²) in [6.07, 6.45) is 0. The van der Waals surface area contributed by atoms with Gasteiger partial charge in [0, 0.05) is 18.3 Å². The number of rotatable bonds is 4. The van der Waals surface area contributed by atoms with E-state index >= 15 is 0 Å². The van der Waals surface area contributed by atoms with Gasteiger partial charge in [-0.15, -0.1) is 0 Å². The van der Waals surface area contributed by atoms with Crippen molar-refractivity contribution in [3.63, 3.8) is 0 Å². The number of hydrogen-bond acceptors (Lipinski definition) is 4. The number of oxazole rings is 1. The maximum absolute atomic E-state index is 12.3. The number of carbonyl (C=O) groups is 1. The maximum atomic E-state index is 12.3. The van der Waals surface area contributed by atoms with Crippen molar-refractivity contribution >= 4 is 22.7 Å². The molecule has 6 heteroatoms. The second kappa shape index (κ2) is 6.00. The number of ether oxygens (including phenoxy) is 1. The molecule has 0 saturated heterocycles. The molecule has 6 nitrogen and oxygen atoms in total. The largest absolute Gasteiger partial charge is 0.494 e. The molecule has 0 fully saturated rings. The summed E-state index contributed by atoms with van der Waals surface area (Å²) in [6, 6.07) is 12.0. The van der Waals surface area contributed by atoms with Crippen molar-refractivity contribution < 1.29 is 13.9 Å². The first kappa shape index (κ1) is 14.9. The summed E-state index contributed by atoms with van der Waals surface area (Å²) < 4.78 is 11.8. The minimum absolute atomic E-state index is 0.260. The number of nitrogens with zero attached hydrogens (tertiary/aromatic N) is 1. The maximum Gasteiger partial charge on any atom is 0.419 e. The summed E-state index contributed by atoms with van der Waals surface area (Å²) in [5, 5.41) is 2.81. The van der Waals surface area contributed by atoms with Crippen molar-refractivity contribution in [1.82, 2.24) is 4.57 Å². The second-order valence-electron chi connectivity index (χ2n) is 5.02. The normalized spacial score (nSPS) is 10.7. The highest BCUT2D eigenvalue weighted by molar-refractivity contribution is 6.05. The van der Waals surface area contributed by atoms with Gasteiger partial charge in [-0.3, -0.25) is 9.36 Å².